The lowest BCUT2D eigenvalue weighted by atomic mass is 9.81. The summed E-state index contributed by atoms with van der Waals surface area (Å²) in [6, 6.07) is 13.8. The number of carbonyl (C=O) groups excluding carboxylic acids is 1. The van der Waals surface area contributed by atoms with Crippen molar-refractivity contribution >= 4 is 45.8 Å². The van der Waals surface area contributed by atoms with Gasteiger partial charge in [-0.25, -0.2) is 4.79 Å². The van der Waals surface area contributed by atoms with Gasteiger partial charge in [0.1, 0.15) is 5.75 Å². The lowest BCUT2D eigenvalue weighted by molar-refractivity contribution is 0.0696. The second-order valence-electron chi connectivity index (χ2n) is 11.0. The third kappa shape index (κ3) is 4.76. The first kappa shape index (κ1) is 27.3. The molecule has 4 aromatic rings. The van der Waals surface area contributed by atoms with Gasteiger partial charge in [0.2, 0.25) is 0 Å². The summed E-state index contributed by atoms with van der Waals surface area (Å²) in [6.45, 7) is 5.86. The van der Waals surface area contributed by atoms with Crippen molar-refractivity contribution in [3.8, 4) is 17.0 Å². The SMILES string of the molecule is CCN(CC)C(=O)c1sccc1C1=Cc2cc(OC)ccc2-c2c(C3CCCCC3)c3ccc(C(=O)O)cc3n2C1. The zero-order chi connectivity index (χ0) is 28.7. The number of fused-ring (bicyclic) bond motifs is 5. The van der Waals surface area contributed by atoms with Crippen LogP contribution < -0.4 is 4.74 Å². The number of aromatic nitrogens is 1. The molecule has 1 N–H and O–H groups in total. The molecule has 1 aliphatic heterocycles. The first-order chi connectivity index (χ1) is 19.9. The van der Waals surface area contributed by atoms with Crippen LogP contribution in [0.4, 0.5) is 0 Å². The van der Waals surface area contributed by atoms with Gasteiger partial charge >= 0.3 is 5.97 Å². The van der Waals surface area contributed by atoms with Crippen LogP contribution in [-0.2, 0) is 6.54 Å². The zero-order valence-electron chi connectivity index (χ0n) is 23.9. The highest BCUT2D eigenvalue weighted by Crippen LogP contribution is 2.48. The summed E-state index contributed by atoms with van der Waals surface area (Å²) in [6.07, 6.45) is 8.12. The predicted molar refractivity (Wildman–Crippen MR) is 166 cm³/mol. The summed E-state index contributed by atoms with van der Waals surface area (Å²) in [5.74, 6) is 0.308. The Morgan fingerprint density at radius 3 is 2.51 bits per heavy atom. The van der Waals surface area contributed by atoms with E-state index in [1.165, 1.54) is 36.2 Å². The number of methoxy groups -OCH3 is 1. The number of ether oxygens (including phenoxy) is 1. The quantitative estimate of drug-likeness (QED) is 0.244. The molecule has 1 amide bonds. The lowest BCUT2D eigenvalue weighted by Crippen LogP contribution is -2.30. The topological polar surface area (TPSA) is 71.8 Å². The molecule has 2 aromatic heterocycles. The Morgan fingerprint density at radius 1 is 1.02 bits per heavy atom. The fraction of sp³-hybridized carbons (Fsp3) is 0.353. The molecule has 3 heterocycles. The van der Waals surface area contributed by atoms with Crippen molar-refractivity contribution in [1.82, 2.24) is 9.47 Å². The molecule has 0 radical (unpaired) electrons. The Bertz CT molecular complexity index is 1670. The maximum absolute atomic E-state index is 13.6. The molecule has 7 heteroatoms. The fourth-order valence-corrected chi connectivity index (χ4v) is 7.62. The van der Waals surface area contributed by atoms with E-state index in [1.54, 1.807) is 13.2 Å². The van der Waals surface area contributed by atoms with Crippen molar-refractivity contribution in [2.45, 2.75) is 58.4 Å². The average molecular weight is 569 g/mol. The Kier molecular flexibility index (Phi) is 7.47. The number of nitrogens with zero attached hydrogens (tertiary/aromatic N) is 2. The Morgan fingerprint density at radius 2 is 1.80 bits per heavy atom. The number of allylic oxidation sites excluding steroid dienone is 1. The number of benzene rings is 2. The number of hydrogen-bond acceptors (Lipinski definition) is 4. The van der Waals surface area contributed by atoms with Crippen LogP contribution in [0.3, 0.4) is 0 Å². The summed E-state index contributed by atoms with van der Waals surface area (Å²) in [5.41, 5.74) is 7.82. The third-order valence-corrected chi connectivity index (χ3v) is 9.69. The van der Waals surface area contributed by atoms with Gasteiger partial charge < -0.3 is 19.3 Å². The van der Waals surface area contributed by atoms with E-state index in [0.29, 0.717) is 25.6 Å². The number of hydrogen-bond donors (Lipinski definition) is 1. The summed E-state index contributed by atoms with van der Waals surface area (Å²) in [7, 11) is 1.68. The van der Waals surface area contributed by atoms with E-state index in [-0.39, 0.29) is 11.5 Å². The van der Waals surface area contributed by atoms with Gasteiger partial charge in [0.25, 0.3) is 5.91 Å². The van der Waals surface area contributed by atoms with Crippen LogP contribution in [0.15, 0.2) is 47.8 Å². The maximum atomic E-state index is 13.6. The van der Waals surface area contributed by atoms with E-state index < -0.39 is 5.97 Å². The van der Waals surface area contributed by atoms with Crippen LogP contribution in [0.25, 0.3) is 33.8 Å². The van der Waals surface area contributed by atoms with Gasteiger partial charge in [-0.1, -0.05) is 25.3 Å². The van der Waals surface area contributed by atoms with Crippen molar-refractivity contribution in [3.05, 3.63) is 75.0 Å². The molecular weight excluding hydrogens is 532 g/mol. The number of thiophene rings is 1. The molecule has 1 fully saturated rings. The molecule has 0 atom stereocenters. The molecule has 1 saturated carbocycles. The van der Waals surface area contributed by atoms with Crippen molar-refractivity contribution in [2.24, 2.45) is 0 Å². The molecule has 2 aromatic carbocycles. The van der Waals surface area contributed by atoms with Gasteiger partial charge in [-0.15, -0.1) is 11.3 Å². The first-order valence-corrected chi connectivity index (χ1v) is 15.5. The molecule has 6 nitrogen and oxygen atoms in total. The van der Waals surface area contributed by atoms with E-state index in [9.17, 15) is 14.7 Å². The largest absolute Gasteiger partial charge is 0.497 e. The number of aromatic carboxylic acids is 1. The van der Waals surface area contributed by atoms with E-state index >= 15 is 0 Å². The fourth-order valence-electron chi connectivity index (χ4n) is 6.72. The van der Waals surface area contributed by atoms with Crippen molar-refractivity contribution < 1.29 is 19.4 Å². The zero-order valence-corrected chi connectivity index (χ0v) is 24.7. The van der Waals surface area contributed by atoms with Gasteiger partial charge in [-0.3, -0.25) is 4.79 Å². The minimum Gasteiger partial charge on any atom is -0.497 e. The molecule has 41 heavy (non-hydrogen) atoms. The van der Waals surface area contributed by atoms with Crippen molar-refractivity contribution in [3.63, 3.8) is 0 Å². The van der Waals surface area contributed by atoms with Crippen LogP contribution in [0, 0.1) is 0 Å². The second-order valence-corrected chi connectivity index (χ2v) is 11.9. The van der Waals surface area contributed by atoms with Crippen LogP contribution in [0.2, 0.25) is 0 Å². The minimum atomic E-state index is -0.930. The molecule has 1 aliphatic carbocycles. The number of carboxylic acid groups (broad SMARTS) is 1. The van der Waals surface area contributed by atoms with Gasteiger partial charge in [0, 0.05) is 41.7 Å². The number of carbonyl (C=O) groups is 2. The summed E-state index contributed by atoms with van der Waals surface area (Å²) >= 11 is 1.48. The molecule has 212 valence electrons. The van der Waals surface area contributed by atoms with Gasteiger partial charge in [0.15, 0.2) is 0 Å². The molecule has 0 unspecified atom stereocenters. The first-order valence-electron chi connectivity index (χ1n) is 14.6. The number of carboxylic acids is 1. The highest BCUT2D eigenvalue weighted by atomic mass is 32.1. The smallest absolute Gasteiger partial charge is 0.335 e. The summed E-state index contributed by atoms with van der Waals surface area (Å²) in [5, 5.41) is 13.0. The highest BCUT2D eigenvalue weighted by Gasteiger charge is 2.31. The number of amides is 1. The molecule has 2 aliphatic rings. The monoisotopic (exact) mass is 568 g/mol. The van der Waals surface area contributed by atoms with E-state index in [2.05, 4.69) is 28.8 Å². The van der Waals surface area contributed by atoms with E-state index in [4.69, 9.17) is 4.74 Å². The predicted octanol–water partition coefficient (Wildman–Crippen LogP) is 8.16. The Hall–Kier alpha value is -3.84. The normalized spacial score (nSPS) is 15.1. The molecular formula is C34H36N2O4S. The second kappa shape index (κ2) is 11.2. The minimum absolute atomic E-state index is 0.0460. The van der Waals surface area contributed by atoms with Crippen molar-refractivity contribution in [1.29, 1.82) is 0 Å². The standard InChI is InChI=1S/C34H36N2O4S/c1-4-35(5-2)33(37)32-27(15-16-41-32)24-17-23-18-25(40-3)12-14-26(23)31-30(21-9-7-6-8-10-21)28-13-11-22(34(38)39)19-29(28)36(31)20-24/h11-19,21H,4-10,20H2,1-3H3,(H,38,39). The lowest BCUT2D eigenvalue weighted by Gasteiger charge is -2.24. The Balaban J connectivity index is 1.63. The van der Waals surface area contributed by atoms with Crippen LogP contribution >= 0.6 is 11.3 Å². The van der Waals surface area contributed by atoms with Gasteiger partial charge in [-0.2, -0.15) is 0 Å². The highest BCUT2D eigenvalue weighted by molar-refractivity contribution is 7.12. The van der Waals surface area contributed by atoms with Gasteiger partial charge in [0.05, 0.1) is 23.2 Å². The Labute approximate surface area is 244 Å². The molecule has 6 rings (SSSR count). The van der Waals surface area contributed by atoms with E-state index in [1.807, 2.05) is 42.3 Å². The average Bonchev–Trinajstić information content (AvgIpc) is 3.56. The molecule has 0 spiro atoms. The summed E-state index contributed by atoms with van der Waals surface area (Å²) < 4.78 is 7.95. The van der Waals surface area contributed by atoms with Crippen LogP contribution in [0.1, 0.15) is 88.6 Å². The van der Waals surface area contributed by atoms with E-state index in [0.717, 1.165) is 62.3 Å². The molecule has 0 bridgehead atoms. The maximum Gasteiger partial charge on any atom is 0.335 e. The summed E-state index contributed by atoms with van der Waals surface area (Å²) in [4.78, 5) is 28.2. The van der Waals surface area contributed by atoms with Gasteiger partial charge in [-0.05, 0) is 97.2 Å². The van der Waals surface area contributed by atoms with Crippen molar-refractivity contribution in [2.75, 3.05) is 20.2 Å². The van der Waals surface area contributed by atoms with Crippen LogP contribution in [-0.4, -0.2) is 46.6 Å². The third-order valence-electron chi connectivity index (χ3n) is 8.79. The van der Waals surface area contributed by atoms with Crippen LogP contribution in [0.5, 0.6) is 5.75 Å². The molecule has 0 saturated heterocycles. The number of rotatable bonds is 7.